The van der Waals surface area contributed by atoms with Crippen LogP contribution >= 0.6 is 11.6 Å². The molecule has 5 nitrogen and oxygen atoms in total. The van der Waals surface area contributed by atoms with Crippen LogP contribution < -0.4 is 14.5 Å². The second-order valence-corrected chi connectivity index (χ2v) is 7.91. The van der Waals surface area contributed by atoms with Crippen LogP contribution in [0.15, 0.2) is 77.4 Å². The van der Waals surface area contributed by atoms with Crippen LogP contribution in [0, 0.1) is 6.92 Å². The van der Waals surface area contributed by atoms with Crippen molar-refractivity contribution in [3.05, 3.63) is 94.0 Å². The monoisotopic (exact) mass is 446 g/mol. The molecule has 1 amide bonds. The minimum absolute atomic E-state index is 0.187. The molecule has 0 spiro atoms. The van der Waals surface area contributed by atoms with Gasteiger partial charge in [0.15, 0.2) is 11.5 Å². The smallest absolute Gasteiger partial charge is 0.280 e. The van der Waals surface area contributed by atoms with Gasteiger partial charge >= 0.3 is 0 Å². The Morgan fingerprint density at radius 1 is 1.03 bits per heavy atom. The average molecular weight is 447 g/mol. The van der Waals surface area contributed by atoms with Crippen molar-refractivity contribution in [3.8, 4) is 11.5 Å². The van der Waals surface area contributed by atoms with Gasteiger partial charge in [-0.3, -0.25) is 4.79 Å². The highest BCUT2D eigenvalue weighted by Crippen LogP contribution is 2.38. The van der Waals surface area contributed by atoms with Gasteiger partial charge in [-0.15, -0.1) is 0 Å². The molecule has 1 aliphatic rings. The van der Waals surface area contributed by atoms with E-state index < -0.39 is 0 Å². The van der Waals surface area contributed by atoms with Gasteiger partial charge in [0.25, 0.3) is 5.91 Å². The lowest BCUT2D eigenvalue weighted by atomic mass is 10.1. The number of hydrogen-bond acceptors (Lipinski definition) is 4. The maximum atomic E-state index is 13.1. The third-order valence-corrected chi connectivity index (χ3v) is 5.38. The highest BCUT2D eigenvalue weighted by atomic mass is 35.5. The van der Waals surface area contributed by atoms with Crippen molar-refractivity contribution < 1.29 is 14.3 Å². The summed E-state index contributed by atoms with van der Waals surface area (Å²) in [6.45, 7) is 4.16. The number of hydrazone groups is 1. The first kappa shape index (κ1) is 21.7. The van der Waals surface area contributed by atoms with Crippen molar-refractivity contribution >= 4 is 35.0 Å². The number of rotatable bonds is 6. The van der Waals surface area contributed by atoms with Crippen molar-refractivity contribution in [1.29, 1.82) is 0 Å². The number of nitrogens with zero attached hydrogens (tertiary/aromatic N) is 2. The Labute approximate surface area is 192 Å². The quantitative estimate of drug-likeness (QED) is 0.433. The van der Waals surface area contributed by atoms with E-state index in [-0.39, 0.29) is 5.91 Å². The van der Waals surface area contributed by atoms with Gasteiger partial charge < -0.3 is 9.47 Å². The zero-order chi connectivity index (χ0) is 22.7. The van der Waals surface area contributed by atoms with Crippen LogP contribution in [0.4, 0.5) is 5.69 Å². The highest BCUT2D eigenvalue weighted by Gasteiger charge is 2.29. The molecule has 0 bridgehead atoms. The molecule has 4 rings (SSSR count). The van der Waals surface area contributed by atoms with Gasteiger partial charge in [0, 0.05) is 0 Å². The third-order valence-electron chi connectivity index (χ3n) is 5.10. The summed E-state index contributed by atoms with van der Waals surface area (Å²) in [4.78, 5) is 13.1. The number of amides is 1. The van der Waals surface area contributed by atoms with Gasteiger partial charge in [-0.25, -0.2) is 0 Å². The molecule has 32 heavy (non-hydrogen) atoms. The minimum atomic E-state index is -0.187. The van der Waals surface area contributed by atoms with E-state index in [4.69, 9.17) is 21.1 Å². The Kier molecular flexibility index (Phi) is 6.28. The van der Waals surface area contributed by atoms with E-state index in [1.165, 1.54) is 5.01 Å². The first-order chi connectivity index (χ1) is 15.5. The molecule has 3 aromatic carbocycles. The Morgan fingerprint density at radius 2 is 1.81 bits per heavy atom. The molecule has 0 N–H and O–H groups in total. The number of carbonyl (C=O) groups is 1. The zero-order valence-electron chi connectivity index (χ0n) is 18.1. The molecule has 162 valence electrons. The van der Waals surface area contributed by atoms with E-state index in [0.29, 0.717) is 34.4 Å². The van der Waals surface area contributed by atoms with E-state index in [1.807, 2.05) is 68.4 Å². The molecular weight excluding hydrogens is 424 g/mol. The Bertz CT molecular complexity index is 1220. The van der Waals surface area contributed by atoms with Crippen LogP contribution in [-0.2, 0) is 11.4 Å². The highest BCUT2D eigenvalue weighted by molar-refractivity contribution is 6.33. The van der Waals surface area contributed by atoms with Crippen LogP contribution in [0.25, 0.3) is 6.08 Å². The van der Waals surface area contributed by atoms with Crippen LogP contribution in [0.1, 0.15) is 23.6 Å². The Balaban J connectivity index is 1.60. The maximum Gasteiger partial charge on any atom is 0.280 e. The fourth-order valence-corrected chi connectivity index (χ4v) is 3.75. The van der Waals surface area contributed by atoms with Gasteiger partial charge in [-0.2, -0.15) is 10.1 Å². The molecule has 0 fully saturated rings. The number of methoxy groups -OCH3 is 1. The summed E-state index contributed by atoms with van der Waals surface area (Å²) < 4.78 is 11.4. The molecule has 0 saturated carbocycles. The summed E-state index contributed by atoms with van der Waals surface area (Å²) in [5.74, 6) is 0.771. The van der Waals surface area contributed by atoms with Crippen LogP contribution in [0.3, 0.4) is 0 Å². The van der Waals surface area contributed by atoms with E-state index in [9.17, 15) is 4.79 Å². The average Bonchev–Trinajstić information content (AvgIpc) is 3.07. The molecule has 0 radical (unpaired) electrons. The topological polar surface area (TPSA) is 51.1 Å². The summed E-state index contributed by atoms with van der Waals surface area (Å²) in [6.07, 6.45) is 1.77. The largest absolute Gasteiger partial charge is 0.493 e. The fourth-order valence-electron chi connectivity index (χ4n) is 3.48. The predicted molar refractivity (Wildman–Crippen MR) is 129 cm³/mol. The minimum Gasteiger partial charge on any atom is -0.493 e. The number of aryl methyl sites for hydroxylation is 1. The molecule has 0 unspecified atom stereocenters. The van der Waals surface area contributed by atoms with Crippen molar-refractivity contribution in [2.24, 2.45) is 5.10 Å². The lowest BCUT2D eigenvalue weighted by Crippen LogP contribution is -2.21. The lowest BCUT2D eigenvalue weighted by molar-refractivity contribution is -0.114. The number of anilines is 1. The maximum absolute atomic E-state index is 13.1. The summed E-state index contributed by atoms with van der Waals surface area (Å²) in [7, 11) is 1.56. The van der Waals surface area contributed by atoms with E-state index >= 15 is 0 Å². The van der Waals surface area contributed by atoms with E-state index in [0.717, 1.165) is 22.4 Å². The molecule has 0 atom stereocenters. The van der Waals surface area contributed by atoms with Crippen molar-refractivity contribution in [3.63, 3.8) is 0 Å². The summed E-state index contributed by atoms with van der Waals surface area (Å²) in [5, 5.41) is 6.27. The van der Waals surface area contributed by atoms with Gasteiger partial charge in [-0.05, 0) is 60.9 Å². The SMILES string of the molecule is COc1cc(/C=C2\C(=O)N(c3cccc(C)c3)N=C2C)cc(Cl)c1OCc1ccccc1. The van der Waals surface area contributed by atoms with Gasteiger partial charge in [0.05, 0.1) is 29.1 Å². The molecular formula is C26H23ClN2O3. The van der Waals surface area contributed by atoms with Crippen LogP contribution in [-0.4, -0.2) is 18.7 Å². The molecule has 0 aliphatic carbocycles. The second-order valence-electron chi connectivity index (χ2n) is 7.51. The first-order valence-corrected chi connectivity index (χ1v) is 10.6. The van der Waals surface area contributed by atoms with Crippen molar-refractivity contribution in [2.75, 3.05) is 12.1 Å². The first-order valence-electron chi connectivity index (χ1n) is 10.2. The van der Waals surface area contributed by atoms with Crippen molar-refractivity contribution in [1.82, 2.24) is 0 Å². The number of benzene rings is 3. The number of halogens is 1. The molecule has 1 heterocycles. The standard InChI is InChI=1S/C26H23ClN2O3/c1-17-8-7-11-21(12-17)29-26(30)22(18(2)28-29)13-20-14-23(27)25(24(15-20)31-3)32-16-19-9-5-4-6-10-19/h4-15H,16H2,1-3H3/b22-13-. The molecule has 0 aromatic heterocycles. The van der Waals surface area contributed by atoms with Gasteiger partial charge in [0.1, 0.15) is 6.61 Å². The van der Waals surface area contributed by atoms with Crippen molar-refractivity contribution in [2.45, 2.75) is 20.5 Å². The number of hydrogen-bond donors (Lipinski definition) is 0. The van der Waals surface area contributed by atoms with E-state index in [2.05, 4.69) is 5.10 Å². The van der Waals surface area contributed by atoms with Gasteiger partial charge in [0.2, 0.25) is 0 Å². The van der Waals surface area contributed by atoms with E-state index in [1.54, 1.807) is 25.3 Å². The molecule has 0 saturated heterocycles. The summed E-state index contributed by atoms with van der Waals surface area (Å²) in [5.41, 5.74) is 4.68. The second kappa shape index (κ2) is 9.28. The number of carbonyl (C=O) groups excluding carboxylic acids is 1. The number of ether oxygens (including phenoxy) is 2. The lowest BCUT2D eigenvalue weighted by Gasteiger charge is -2.14. The van der Waals surface area contributed by atoms with Crippen LogP contribution in [0.2, 0.25) is 5.02 Å². The molecule has 6 heteroatoms. The predicted octanol–water partition coefficient (Wildman–Crippen LogP) is 6.04. The zero-order valence-corrected chi connectivity index (χ0v) is 18.9. The molecule has 1 aliphatic heterocycles. The summed E-state index contributed by atoms with van der Waals surface area (Å²) >= 11 is 6.52. The Hall–Kier alpha value is -3.57. The summed E-state index contributed by atoms with van der Waals surface area (Å²) in [6, 6.07) is 21.1. The van der Waals surface area contributed by atoms with Gasteiger partial charge in [-0.1, -0.05) is 54.1 Å². The fraction of sp³-hybridized carbons (Fsp3) is 0.154. The normalized spacial score (nSPS) is 14.6. The van der Waals surface area contributed by atoms with Crippen LogP contribution in [0.5, 0.6) is 11.5 Å². The third kappa shape index (κ3) is 4.53. The Morgan fingerprint density at radius 3 is 2.53 bits per heavy atom. The molecule has 3 aromatic rings.